The fourth-order valence-electron chi connectivity index (χ4n) is 4.38. The highest BCUT2D eigenvalue weighted by Crippen LogP contribution is 2.35. The number of rotatable bonds is 8. The molecular weight excluding hydrogens is 519 g/mol. The molecule has 1 aliphatic heterocycles. The molecule has 0 atom stereocenters. The number of benzene rings is 2. The molecule has 0 radical (unpaired) electrons. The molecule has 2 heterocycles. The second-order valence-corrected chi connectivity index (χ2v) is 9.18. The number of carbonyl (C=O) groups is 4. The molecule has 1 aliphatic rings. The van der Waals surface area contributed by atoms with E-state index in [2.05, 4.69) is 26.3 Å². The average Bonchev–Trinajstić information content (AvgIpc) is 3.37. The highest BCUT2D eigenvalue weighted by Gasteiger charge is 2.26. The lowest BCUT2D eigenvalue weighted by Gasteiger charge is -2.09. The third-order valence-corrected chi connectivity index (χ3v) is 6.40. The largest absolute Gasteiger partial charge is 0.392 e. The molecule has 0 saturated heterocycles. The molecule has 208 valence electrons. The number of imide groups is 1. The molecule has 4 rings (SSSR count). The Morgan fingerprint density at radius 3 is 2.52 bits per heavy atom. The molecule has 0 unspecified atom stereocenters. The summed E-state index contributed by atoms with van der Waals surface area (Å²) in [4.78, 5) is 53.3. The predicted molar refractivity (Wildman–Crippen MR) is 148 cm³/mol. The minimum atomic E-state index is -0.953. The van der Waals surface area contributed by atoms with Crippen molar-refractivity contribution in [3.05, 3.63) is 81.4 Å². The van der Waals surface area contributed by atoms with Crippen LogP contribution in [0.4, 0.5) is 20.6 Å². The van der Waals surface area contributed by atoms with Crippen molar-refractivity contribution in [3.63, 3.8) is 0 Å². The Kier molecular flexibility index (Phi) is 8.41. The number of likely N-dealkylation sites (N-methyl/N-ethyl adjacent to an activating group) is 1. The number of aromatic nitrogens is 1. The van der Waals surface area contributed by atoms with E-state index in [1.165, 1.54) is 18.2 Å². The lowest BCUT2D eigenvalue weighted by Crippen LogP contribution is -2.34. The number of carbonyl (C=O) groups excluding carboxylic acids is 4. The number of aryl methyl sites for hydroxylation is 1. The third kappa shape index (κ3) is 5.92. The second-order valence-electron chi connectivity index (χ2n) is 9.18. The number of aromatic amines is 1. The van der Waals surface area contributed by atoms with Gasteiger partial charge in [-0.05, 0) is 62.4 Å². The van der Waals surface area contributed by atoms with E-state index >= 15 is 0 Å². The summed E-state index contributed by atoms with van der Waals surface area (Å²) in [5.74, 6) is -2.39. The van der Waals surface area contributed by atoms with Gasteiger partial charge in [0.25, 0.3) is 17.7 Å². The van der Waals surface area contributed by atoms with E-state index in [4.69, 9.17) is 5.11 Å². The van der Waals surface area contributed by atoms with Gasteiger partial charge in [-0.3, -0.25) is 19.7 Å². The number of aliphatic hydroxyl groups is 1. The van der Waals surface area contributed by atoms with E-state index in [1.807, 2.05) is 5.32 Å². The van der Waals surface area contributed by atoms with Crippen LogP contribution in [0.25, 0.3) is 11.6 Å². The smallest absolute Gasteiger partial charge is 0.326 e. The zero-order chi connectivity index (χ0) is 29.0. The van der Waals surface area contributed by atoms with Crippen molar-refractivity contribution in [1.29, 1.82) is 0 Å². The van der Waals surface area contributed by atoms with Gasteiger partial charge in [-0.2, -0.15) is 0 Å². The second kappa shape index (κ2) is 11.9. The molecule has 0 fully saturated rings. The van der Waals surface area contributed by atoms with E-state index in [-0.39, 0.29) is 29.7 Å². The van der Waals surface area contributed by atoms with Gasteiger partial charge in [-0.25, -0.2) is 9.18 Å². The number of halogens is 1. The van der Waals surface area contributed by atoms with Crippen LogP contribution in [-0.4, -0.2) is 54.0 Å². The van der Waals surface area contributed by atoms with E-state index in [9.17, 15) is 23.6 Å². The Bertz CT molecular complexity index is 1540. The number of hydrogen-bond acceptors (Lipinski definition) is 6. The van der Waals surface area contributed by atoms with Crippen LogP contribution in [0.1, 0.15) is 48.8 Å². The highest BCUT2D eigenvalue weighted by molar-refractivity contribution is 6.35. The summed E-state index contributed by atoms with van der Waals surface area (Å²) in [5.41, 5.74) is 4.14. The van der Waals surface area contributed by atoms with Crippen LogP contribution in [0, 0.1) is 19.7 Å². The topological polar surface area (TPSA) is 164 Å². The summed E-state index contributed by atoms with van der Waals surface area (Å²) in [7, 11) is 1.80. The van der Waals surface area contributed by atoms with Crippen LogP contribution in [0.15, 0.2) is 36.4 Å². The molecular formula is C28H29FN6O5. The monoisotopic (exact) mass is 548 g/mol. The van der Waals surface area contributed by atoms with E-state index < -0.39 is 17.8 Å². The molecule has 12 heteroatoms. The van der Waals surface area contributed by atoms with Crippen molar-refractivity contribution in [3.8, 4) is 0 Å². The van der Waals surface area contributed by atoms with Crippen LogP contribution in [0.3, 0.4) is 0 Å². The highest BCUT2D eigenvalue weighted by atomic mass is 19.1. The average molecular weight is 549 g/mol. The summed E-state index contributed by atoms with van der Waals surface area (Å²) >= 11 is 0. The summed E-state index contributed by atoms with van der Waals surface area (Å²) in [5, 5.41) is 22.2. The first kappa shape index (κ1) is 28.2. The Morgan fingerprint density at radius 1 is 1.05 bits per heavy atom. The number of urea groups is 1. The lowest BCUT2D eigenvalue weighted by atomic mass is 10.0. The number of anilines is 2. The van der Waals surface area contributed by atoms with Crippen LogP contribution in [0.2, 0.25) is 0 Å². The maximum absolute atomic E-state index is 14.1. The van der Waals surface area contributed by atoms with Crippen molar-refractivity contribution in [2.45, 2.75) is 20.5 Å². The van der Waals surface area contributed by atoms with E-state index in [1.54, 1.807) is 39.1 Å². The minimum Gasteiger partial charge on any atom is -0.392 e. The maximum Gasteiger partial charge on any atom is 0.326 e. The number of aliphatic hydroxyl groups excluding tert-OH is 1. The molecule has 0 spiro atoms. The van der Waals surface area contributed by atoms with Crippen LogP contribution < -0.4 is 26.6 Å². The zero-order valence-electron chi connectivity index (χ0n) is 22.1. The fraction of sp³-hybridized carbons (Fsp3) is 0.214. The molecule has 5 amide bonds. The molecule has 7 N–H and O–H groups in total. The number of H-pyrrole nitrogens is 1. The quantitative estimate of drug-likeness (QED) is 0.169. The van der Waals surface area contributed by atoms with Crippen LogP contribution in [0.5, 0.6) is 0 Å². The van der Waals surface area contributed by atoms with Gasteiger partial charge in [0.15, 0.2) is 0 Å². The first-order chi connectivity index (χ1) is 19.1. The zero-order valence-corrected chi connectivity index (χ0v) is 22.1. The van der Waals surface area contributed by atoms with Gasteiger partial charge < -0.3 is 31.4 Å². The molecule has 1 aromatic heterocycles. The molecule has 0 bridgehead atoms. The SMILES string of the molecule is CNCCNC(=O)c1c(C)[nH]c(C=C2C(=O)Nc3cc(NC(=O)NC(=O)c4ccc(CO)cc4F)ccc32)c1C. The maximum atomic E-state index is 14.1. The van der Waals surface area contributed by atoms with Crippen molar-refractivity contribution >= 4 is 46.8 Å². The van der Waals surface area contributed by atoms with Gasteiger partial charge in [0.2, 0.25) is 0 Å². The molecule has 40 heavy (non-hydrogen) atoms. The van der Waals surface area contributed by atoms with Crippen LogP contribution >= 0.6 is 0 Å². The predicted octanol–water partition coefficient (Wildman–Crippen LogP) is 2.67. The minimum absolute atomic E-state index is 0.209. The number of hydrogen-bond donors (Lipinski definition) is 7. The molecule has 0 aliphatic carbocycles. The molecule has 11 nitrogen and oxygen atoms in total. The Labute approximate surface area is 229 Å². The van der Waals surface area contributed by atoms with Crippen molar-refractivity contribution in [1.82, 2.24) is 20.9 Å². The van der Waals surface area contributed by atoms with Gasteiger partial charge in [0.1, 0.15) is 5.82 Å². The summed E-state index contributed by atoms with van der Waals surface area (Å²) < 4.78 is 14.1. The standard InChI is InChI=1S/C28H29FN6O5/c1-14-22(32-15(2)24(14)27(39)31-9-8-30-3)12-20-18-7-5-17(11-23(18)34-26(20)38)33-28(40)35-25(37)19-6-4-16(13-36)10-21(19)29/h4-7,10-12,30,32,36H,8-9,13H2,1-3H3,(H,31,39)(H,34,38)(H2,33,35,37,40). The van der Waals surface area contributed by atoms with Crippen molar-refractivity contribution < 1.29 is 28.7 Å². The third-order valence-electron chi connectivity index (χ3n) is 6.40. The van der Waals surface area contributed by atoms with Gasteiger partial charge in [-0.15, -0.1) is 0 Å². The molecule has 3 aromatic rings. The first-order valence-electron chi connectivity index (χ1n) is 12.4. The summed E-state index contributed by atoms with van der Waals surface area (Å²) in [6.07, 6.45) is 1.67. The molecule has 0 saturated carbocycles. The number of fused-ring (bicyclic) bond motifs is 1. The molecule has 2 aromatic carbocycles. The van der Waals surface area contributed by atoms with Gasteiger partial charge >= 0.3 is 6.03 Å². The van der Waals surface area contributed by atoms with E-state index in [0.717, 1.165) is 6.07 Å². The van der Waals surface area contributed by atoms with Crippen molar-refractivity contribution in [2.24, 2.45) is 0 Å². The van der Waals surface area contributed by atoms with Gasteiger partial charge in [-0.1, -0.05) is 12.1 Å². The van der Waals surface area contributed by atoms with Gasteiger partial charge in [0.05, 0.1) is 29.0 Å². The van der Waals surface area contributed by atoms with E-state index in [0.29, 0.717) is 58.0 Å². The Hall–Kier alpha value is -4.81. The van der Waals surface area contributed by atoms with Crippen molar-refractivity contribution in [2.75, 3.05) is 30.8 Å². The van der Waals surface area contributed by atoms with Crippen LogP contribution in [-0.2, 0) is 11.4 Å². The Balaban J connectivity index is 1.48. The number of amides is 5. The Morgan fingerprint density at radius 2 is 1.82 bits per heavy atom. The fourth-order valence-corrected chi connectivity index (χ4v) is 4.38. The summed E-state index contributed by atoms with van der Waals surface area (Å²) in [6.45, 7) is 4.32. The summed E-state index contributed by atoms with van der Waals surface area (Å²) in [6, 6.07) is 7.39. The first-order valence-corrected chi connectivity index (χ1v) is 12.4. The number of nitrogens with one attached hydrogen (secondary N) is 6. The normalized spacial score (nSPS) is 13.1. The lowest BCUT2D eigenvalue weighted by molar-refractivity contribution is -0.110. The van der Waals surface area contributed by atoms with Gasteiger partial charge in [0, 0.05) is 35.7 Å².